The summed E-state index contributed by atoms with van der Waals surface area (Å²) in [4.78, 5) is 15.7. The molecule has 5 nitrogen and oxygen atoms in total. The number of Topliss-reactive ketones (excluding diaryl/α,β-unsaturated/α-hetero) is 1. The molecule has 0 bridgehead atoms. The Morgan fingerprint density at radius 3 is 3.00 bits per heavy atom. The second-order valence-corrected chi connectivity index (χ2v) is 5.33. The number of hydrogen-bond acceptors (Lipinski definition) is 4. The summed E-state index contributed by atoms with van der Waals surface area (Å²) in [6.07, 6.45) is 3.58. The molecule has 1 aromatic heterocycles. The number of ether oxygens (including phenoxy) is 2. The first-order chi connectivity index (χ1) is 11.8. The Balaban J connectivity index is 1.68. The number of ketones is 1. The van der Waals surface area contributed by atoms with Crippen molar-refractivity contribution in [3.05, 3.63) is 65.5 Å². The molecule has 116 valence electrons. The molecule has 0 spiro atoms. The third-order valence-electron chi connectivity index (χ3n) is 3.85. The smallest absolute Gasteiger partial charge is 0.231 e. The fraction of sp³-hybridized carbons (Fsp3) is 0.0526. The summed E-state index contributed by atoms with van der Waals surface area (Å²) >= 11 is 0. The molecular formula is C19H12N2O3. The van der Waals surface area contributed by atoms with Crippen LogP contribution >= 0.6 is 0 Å². The summed E-state index contributed by atoms with van der Waals surface area (Å²) in [5.41, 5.74) is 2.38. The molecule has 5 heteroatoms. The van der Waals surface area contributed by atoms with Gasteiger partial charge in [0.15, 0.2) is 12.4 Å². The molecule has 0 saturated heterocycles. The highest BCUT2D eigenvalue weighted by molar-refractivity contribution is 6.15. The highest BCUT2D eigenvalue weighted by Gasteiger charge is 2.28. The number of fused-ring (bicyclic) bond motifs is 2. The van der Waals surface area contributed by atoms with E-state index in [-0.39, 0.29) is 18.1 Å². The first kappa shape index (κ1) is 14.1. The van der Waals surface area contributed by atoms with E-state index in [1.807, 2.05) is 36.5 Å². The maximum Gasteiger partial charge on any atom is 0.231 e. The van der Waals surface area contributed by atoms with Crippen LogP contribution in [0.4, 0.5) is 0 Å². The van der Waals surface area contributed by atoms with E-state index in [0.29, 0.717) is 17.1 Å². The molecule has 1 aliphatic heterocycles. The van der Waals surface area contributed by atoms with Crippen molar-refractivity contribution in [2.75, 3.05) is 6.61 Å². The lowest BCUT2D eigenvalue weighted by Crippen LogP contribution is -1.97. The summed E-state index contributed by atoms with van der Waals surface area (Å²) in [5, 5.41) is 9.59. The number of allylic oxidation sites excluding steroid dienone is 1. The van der Waals surface area contributed by atoms with E-state index in [1.54, 1.807) is 24.3 Å². The van der Waals surface area contributed by atoms with Crippen molar-refractivity contribution in [2.45, 2.75) is 0 Å². The Hall–Kier alpha value is -3.52. The summed E-state index contributed by atoms with van der Waals surface area (Å²) in [6.45, 7) is -0.0508. The highest BCUT2D eigenvalue weighted by atomic mass is 16.5. The second-order valence-electron chi connectivity index (χ2n) is 5.33. The van der Waals surface area contributed by atoms with Gasteiger partial charge in [0.1, 0.15) is 17.6 Å². The molecule has 1 aliphatic rings. The van der Waals surface area contributed by atoms with E-state index in [2.05, 4.69) is 4.98 Å². The van der Waals surface area contributed by atoms with E-state index in [1.165, 1.54) is 0 Å². The molecule has 1 N–H and O–H groups in total. The third kappa shape index (κ3) is 2.31. The predicted molar refractivity (Wildman–Crippen MR) is 88.8 cm³/mol. The number of aromatic nitrogens is 1. The zero-order chi connectivity index (χ0) is 16.5. The molecular weight excluding hydrogens is 304 g/mol. The molecule has 0 saturated carbocycles. The first-order valence-corrected chi connectivity index (χ1v) is 7.40. The van der Waals surface area contributed by atoms with Gasteiger partial charge in [-0.25, -0.2) is 0 Å². The number of rotatable bonds is 3. The van der Waals surface area contributed by atoms with Crippen LogP contribution in [-0.2, 0) is 0 Å². The largest absolute Gasteiger partial charge is 0.479 e. The predicted octanol–water partition coefficient (Wildman–Crippen LogP) is 3.69. The van der Waals surface area contributed by atoms with E-state index >= 15 is 0 Å². The Kier molecular flexibility index (Phi) is 3.29. The Bertz CT molecular complexity index is 1020. The molecule has 0 amide bonds. The molecule has 0 aliphatic carbocycles. The Labute approximate surface area is 137 Å². The minimum absolute atomic E-state index is 0.0508. The molecule has 0 unspecified atom stereocenters. The van der Waals surface area contributed by atoms with Gasteiger partial charge in [0.25, 0.3) is 0 Å². The zero-order valence-electron chi connectivity index (χ0n) is 12.6. The van der Waals surface area contributed by atoms with Gasteiger partial charge in [-0.15, -0.1) is 0 Å². The van der Waals surface area contributed by atoms with Gasteiger partial charge < -0.3 is 14.5 Å². The van der Waals surface area contributed by atoms with Crippen molar-refractivity contribution in [1.29, 1.82) is 5.26 Å². The minimum atomic E-state index is -0.165. The van der Waals surface area contributed by atoms with Gasteiger partial charge in [-0.3, -0.25) is 4.79 Å². The van der Waals surface area contributed by atoms with Crippen molar-refractivity contribution >= 4 is 22.8 Å². The van der Waals surface area contributed by atoms with Gasteiger partial charge >= 0.3 is 0 Å². The number of hydrogen-bond donors (Lipinski definition) is 1. The molecule has 2 aromatic carbocycles. The zero-order valence-corrected chi connectivity index (χ0v) is 12.6. The van der Waals surface area contributed by atoms with Gasteiger partial charge in [0, 0.05) is 28.7 Å². The summed E-state index contributed by atoms with van der Waals surface area (Å²) in [5.74, 6) is 1.05. The van der Waals surface area contributed by atoms with Crippen LogP contribution in [0.15, 0.2) is 54.4 Å². The average Bonchev–Trinajstić information content (AvgIpc) is 3.15. The van der Waals surface area contributed by atoms with E-state index < -0.39 is 0 Å². The topological polar surface area (TPSA) is 75.1 Å². The number of carbonyl (C=O) groups excluding carboxylic acids is 1. The quantitative estimate of drug-likeness (QED) is 0.748. The number of para-hydroxylation sites is 1. The lowest BCUT2D eigenvalue weighted by Gasteiger charge is -2.02. The van der Waals surface area contributed by atoms with Crippen LogP contribution in [0.5, 0.6) is 11.5 Å². The van der Waals surface area contributed by atoms with Crippen molar-refractivity contribution in [2.24, 2.45) is 0 Å². The van der Waals surface area contributed by atoms with Crippen molar-refractivity contribution < 1.29 is 14.3 Å². The standard InChI is InChI=1S/C19H12N2O3/c20-7-8-23-13-5-6-15-17(10-13)24-18(19(15)22)9-12-11-21-16-4-2-1-3-14(12)16/h1-6,9-11,21H,8H2/b18-9+. The fourth-order valence-electron chi connectivity index (χ4n) is 2.73. The summed E-state index contributed by atoms with van der Waals surface area (Å²) in [7, 11) is 0. The number of H-pyrrole nitrogens is 1. The normalized spacial score (nSPS) is 14.5. The van der Waals surface area contributed by atoms with Crippen LogP contribution in [-0.4, -0.2) is 17.4 Å². The lowest BCUT2D eigenvalue weighted by atomic mass is 10.1. The molecule has 4 rings (SSSR count). The van der Waals surface area contributed by atoms with Crippen molar-refractivity contribution in [3.63, 3.8) is 0 Å². The van der Waals surface area contributed by atoms with Crippen LogP contribution in [0.2, 0.25) is 0 Å². The molecule has 0 atom stereocenters. The average molecular weight is 316 g/mol. The van der Waals surface area contributed by atoms with E-state index in [0.717, 1.165) is 16.5 Å². The molecule has 0 fully saturated rings. The molecule has 2 heterocycles. The van der Waals surface area contributed by atoms with Crippen LogP contribution < -0.4 is 9.47 Å². The Morgan fingerprint density at radius 2 is 2.12 bits per heavy atom. The number of benzene rings is 2. The number of carbonyl (C=O) groups is 1. The van der Waals surface area contributed by atoms with Gasteiger partial charge in [-0.05, 0) is 24.3 Å². The van der Waals surface area contributed by atoms with E-state index in [9.17, 15) is 4.79 Å². The second kappa shape index (κ2) is 5.60. The Morgan fingerprint density at radius 1 is 1.25 bits per heavy atom. The molecule has 0 radical (unpaired) electrons. The highest BCUT2D eigenvalue weighted by Crippen LogP contribution is 2.35. The number of nitrogens with zero attached hydrogens (tertiary/aromatic N) is 1. The van der Waals surface area contributed by atoms with Gasteiger partial charge in [-0.2, -0.15) is 5.26 Å². The molecule has 3 aromatic rings. The molecule has 24 heavy (non-hydrogen) atoms. The van der Waals surface area contributed by atoms with Crippen molar-refractivity contribution in [3.8, 4) is 17.6 Å². The number of nitrogens with one attached hydrogen (secondary N) is 1. The number of aromatic amines is 1. The third-order valence-corrected chi connectivity index (χ3v) is 3.85. The van der Waals surface area contributed by atoms with Crippen LogP contribution in [0, 0.1) is 11.3 Å². The summed E-state index contributed by atoms with van der Waals surface area (Å²) in [6, 6.07) is 14.7. The van der Waals surface area contributed by atoms with Gasteiger partial charge in [0.2, 0.25) is 5.78 Å². The van der Waals surface area contributed by atoms with Gasteiger partial charge in [0.05, 0.1) is 5.56 Å². The van der Waals surface area contributed by atoms with Crippen LogP contribution in [0.1, 0.15) is 15.9 Å². The minimum Gasteiger partial charge on any atom is -0.479 e. The van der Waals surface area contributed by atoms with Crippen molar-refractivity contribution in [1.82, 2.24) is 4.98 Å². The SMILES string of the molecule is N#CCOc1ccc2c(c1)O/C(=C/c1c[nH]c3ccccc13)C2=O. The lowest BCUT2D eigenvalue weighted by molar-refractivity contribution is 0.101. The van der Waals surface area contributed by atoms with E-state index in [4.69, 9.17) is 14.7 Å². The van der Waals surface area contributed by atoms with Crippen LogP contribution in [0.3, 0.4) is 0 Å². The van der Waals surface area contributed by atoms with Crippen LogP contribution in [0.25, 0.3) is 17.0 Å². The fourth-order valence-corrected chi connectivity index (χ4v) is 2.73. The van der Waals surface area contributed by atoms with Gasteiger partial charge in [-0.1, -0.05) is 18.2 Å². The monoisotopic (exact) mass is 316 g/mol. The summed E-state index contributed by atoms with van der Waals surface area (Å²) < 4.78 is 10.9. The maximum absolute atomic E-state index is 12.5. The first-order valence-electron chi connectivity index (χ1n) is 7.40. The maximum atomic E-state index is 12.5. The number of nitriles is 1.